The molecule has 1 N–H and O–H groups in total. The van der Waals surface area contributed by atoms with Crippen LogP contribution < -0.4 is 5.32 Å². The molecule has 1 heterocycles. The molecule has 0 radical (unpaired) electrons. The number of rotatable bonds is 2. The van der Waals surface area contributed by atoms with Crippen LogP contribution in [0.2, 0.25) is 0 Å². The Morgan fingerprint density at radius 3 is 2.81 bits per heavy atom. The van der Waals surface area contributed by atoms with Crippen LogP contribution in [-0.4, -0.2) is 15.3 Å². The highest BCUT2D eigenvalue weighted by atomic mass is 127. The Labute approximate surface area is 110 Å². The predicted molar refractivity (Wildman–Crippen MR) is 71.8 cm³/mol. The normalized spacial score (nSPS) is 10.1. The first-order chi connectivity index (χ1) is 7.66. The number of carbonyl (C=O) groups excluding carboxylic acids is 1. The minimum Gasteiger partial charge on any atom is -0.297 e. The molecule has 0 aliphatic carbocycles. The molecule has 16 heavy (non-hydrogen) atoms. The summed E-state index contributed by atoms with van der Waals surface area (Å²) < 4.78 is 4.92. The molecule has 0 aliphatic rings. The third kappa shape index (κ3) is 2.56. The maximum Gasteiger partial charge on any atom is 0.258 e. The predicted octanol–water partition coefficient (Wildman–Crippen LogP) is 2.70. The SMILES string of the molecule is Cc1nsc(NC(=O)c2ccccc2I)n1. The molecule has 2 aromatic rings. The fourth-order valence-electron chi connectivity index (χ4n) is 1.16. The quantitative estimate of drug-likeness (QED) is 0.852. The highest BCUT2D eigenvalue weighted by Crippen LogP contribution is 2.15. The van der Waals surface area contributed by atoms with Crippen LogP contribution in [0.1, 0.15) is 16.2 Å². The van der Waals surface area contributed by atoms with Gasteiger partial charge in [0.2, 0.25) is 5.13 Å². The monoisotopic (exact) mass is 345 g/mol. The molecule has 0 saturated heterocycles. The topological polar surface area (TPSA) is 54.9 Å². The lowest BCUT2D eigenvalue weighted by Crippen LogP contribution is -2.13. The summed E-state index contributed by atoms with van der Waals surface area (Å²) in [7, 11) is 0. The molecule has 0 spiro atoms. The second kappa shape index (κ2) is 4.88. The minimum absolute atomic E-state index is 0.152. The van der Waals surface area contributed by atoms with E-state index in [2.05, 4.69) is 37.3 Å². The summed E-state index contributed by atoms with van der Waals surface area (Å²) in [6, 6.07) is 7.40. The van der Waals surface area contributed by atoms with E-state index in [1.807, 2.05) is 18.2 Å². The molecule has 0 saturated carbocycles. The highest BCUT2D eigenvalue weighted by molar-refractivity contribution is 14.1. The zero-order valence-electron chi connectivity index (χ0n) is 8.40. The van der Waals surface area contributed by atoms with Crippen LogP contribution >= 0.6 is 34.1 Å². The maximum atomic E-state index is 11.9. The molecular formula is C10H8IN3OS. The van der Waals surface area contributed by atoms with Crippen LogP contribution in [0, 0.1) is 10.5 Å². The zero-order chi connectivity index (χ0) is 11.5. The number of aryl methyl sites for hydroxylation is 1. The largest absolute Gasteiger partial charge is 0.297 e. The number of aromatic nitrogens is 2. The summed E-state index contributed by atoms with van der Waals surface area (Å²) in [4.78, 5) is 15.9. The Morgan fingerprint density at radius 2 is 2.19 bits per heavy atom. The van der Waals surface area contributed by atoms with Gasteiger partial charge in [0.15, 0.2) is 0 Å². The number of hydrogen-bond acceptors (Lipinski definition) is 4. The molecule has 0 aliphatic heterocycles. The molecular weight excluding hydrogens is 337 g/mol. The smallest absolute Gasteiger partial charge is 0.258 e. The Bertz CT molecular complexity index is 526. The molecule has 6 heteroatoms. The molecule has 0 unspecified atom stereocenters. The van der Waals surface area contributed by atoms with E-state index >= 15 is 0 Å². The van der Waals surface area contributed by atoms with E-state index < -0.39 is 0 Å². The highest BCUT2D eigenvalue weighted by Gasteiger charge is 2.11. The lowest BCUT2D eigenvalue weighted by molar-refractivity contribution is 0.102. The molecule has 82 valence electrons. The number of anilines is 1. The third-order valence-electron chi connectivity index (χ3n) is 1.87. The van der Waals surface area contributed by atoms with Gasteiger partial charge in [0, 0.05) is 15.1 Å². The molecule has 4 nitrogen and oxygen atoms in total. The minimum atomic E-state index is -0.152. The first-order valence-corrected chi connectivity index (χ1v) is 6.38. The number of carbonyl (C=O) groups is 1. The van der Waals surface area contributed by atoms with Crippen LogP contribution in [0.5, 0.6) is 0 Å². The second-order valence-corrected chi connectivity index (χ2v) is 4.99. The van der Waals surface area contributed by atoms with Gasteiger partial charge in [-0.1, -0.05) is 12.1 Å². The molecule has 1 amide bonds. The Kier molecular flexibility index (Phi) is 3.49. The van der Waals surface area contributed by atoms with Crippen LogP contribution in [-0.2, 0) is 0 Å². The molecule has 0 atom stereocenters. The van der Waals surface area contributed by atoms with Gasteiger partial charge < -0.3 is 0 Å². The molecule has 1 aromatic carbocycles. The average Bonchev–Trinajstić information content (AvgIpc) is 2.64. The number of amides is 1. The number of hydrogen-bond donors (Lipinski definition) is 1. The molecule has 2 rings (SSSR count). The van der Waals surface area contributed by atoms with Gasteiger partial charge in [0.1, 0.15) is 5.82 Å². The van der Waals surface area contributed by atoms with Crippen molar-refractivity contribution in [1.29, 1.82) is 0 Å². The van der Waals surface area contributed by atoms with Crippen LogP contribution in [0.25, 0.3) is 0 Å². The Hall–Kier alpha value is -1.02. The summed E-state index contributed by atoms with van der Waals surface area (Å²) in [5.74, 6) is 0.518. The van der Waals surface area contributed by atoms with E-state index in [0.29, 0.717) is 16.5 Å². The molecule has 0 fully saturated rings. The van der Waals surface area contributed by atoms with Gasteiger partial charge in [-0.15, -0.1) is 0 Å². The summed E-state index contributed by atoms with van der Waals surface area (Å²) in [5, 5.41) is 3.25. The van der Waals surface area contributed by atoms with Gasteiger partial charge in [-0.3, -0.25) is 10.1 Å². The van der Waals surface area contributed by atoms with E-state index in [1.54, 1.807) is 13.0 Å². The first-order valence-electron chi connectivity index (χ1n) is 4.53. The molecule has 0 bridgehead atoms. The number of nitrogens with zero attached hydrogens (tertiary/aromatic N) is 2. The van der Waals surface area contributed by atoms with Gasteiger partial charge in [-0.25, -0.2) is 4.98 Å². The number of halogens is 1. The Morgan fingerprint density at radius 1 is 1.44 bits per heavy atom. The summed E-state index contributed by atoms with van der Waals surface area (Å²) in [6.45, 7) is 1.79. The van der Waals surface area contributed by atoms with Crippen molar-refractivity contribution < 1.29 is 4.79 Å². The standard InChI is InChI=1S/C10H8IN3OS/c1-6-12-10(16-14-6)13-9(15)7-4-2-3-5-8(7)11/h2-5H,1H3,(H,12,13,14,15). The molecule has 1 aromatic heterocycles. The number of nitrogens with one attached hydrogen (secondary N) is 1. The van der Waals surface area contributed by atoms with Crippen molar-refractivity contribution in [2.24, 2.45) is 0 Å². The zero-order valence-corrected chi connectivity index (χ0v) is 11.4. The van der Waals surface area contributed by atoms with Crippen molar-refractivity contribution in [3.05, 3.63) is 39.2 Å². The third-order valence-corrected chi connectivity index (χ3v) is 3.53. The van der Waals surface area contributed by atoms with Crippen molar-refractivity contribution in [3.63, 3.8) is 0 Å². The maximum absolute atomic E-state index is 11.9. The van der Waals surface area contributed by atoms with Crippen molar-refractivity contribution in [2.45, 2.75) is 6.92 Å². The van der Waals surface area contributed by atoms with Crippen LogP contribution in [0.4, 0.5) is 5.13 Å². The van der Waals surface area contributed by atoms with Crippen molar-refractivity contribution in [2.75, 3.05) is 5.32 Å². The van der Waals surface area contributed by atoms with E-state index in [4.69, 9.17) is 0 Å². The van der Waals surface area contributed by atoms with E-state index in [0.717, 1.165) is 3.57 Å². The second-order valence-electron chi connectivity index (χ2n) is 3.08. The fraction of sp³-hybridized carbons (Fsp3) is 0.100. The van der Waals surface area contributed by atoms with Crippen LogP contribution in [0.3, 0.4) is 0 Å². The lowest BCUT2D eigenvalue weighted by Gasteiger charge is -2.02. The van der Waals surface area contributed by atoms with E-state index in [-0.39, 0.29) is 5.91 Å². The lowest BCUT2D eigenvalue weighted by atomic mass is 10.2. The average molecular weight is 345 g/mol. The van der Waals surface area contributed by atoms with Crippen LogP contribution in [0.15, 0.2) is 24.3 Å². The summed E-state index contributed by atoms with van der Waals surface area (Å²) >= 11 is 3.31. The van der Waals surface area contributed by atoms with E-state index in [9.17, 15) is 4.79 Å². The van der Waals surface area contributed by atoms with Gasteiger partial charge in [0.05, 0.1) is 5.56 Å². The van der Waals surface area contributed by atoms with Crippen molar-refractivity contribution >= 4 is 45.2 Å². The fourth-order valence-corrected chi connectivity index (χ4v) is 2.36. The van der Waals surface area contributed by atoms with Crippen molar-refractivity contribution in [1.82, 2.24) is 9.36 Å². The van der Waals surface area contributed by atoms with Gasteiger partial charge in [-0.2, -0.15) is 4.37 Å². The van der Waals surface area contributed by atoms with Crippen molar-refractivity contribution in [3.8, 4) is 0 Å². The number of benzene rings is 1. The Balaban J connectivity index is 2.18. The summed E-state index contributed by atoms with van der Waals surface area (Å²) in [6.07, 6.45) is 0. The van der Waals surface area contributed by atoms with Gasteiger partial charge in [-0.05, 0) is 41.6 Å². The first kappa shape index (κ1) is 11.5. The van der Waals surface area contributed by atoms with Gasteiger partial charge >= 0.3 is 0 Å². The van der Waals surface area contributed by atoms with E-state index in [1.165, 1.54) is 11.5 Å². The van der Waals surface area contributed by atoms with Gasteiger partial charge in [0.25, 0.3) is 5.91 Å². The summed E-state index contributed by atoms with van der Waals surface area (Å²) in [5.41, 5.74) is 0.649.